The number of rotatable bonds is 5. The first-order valence-corrected chi connectivity index (χ1v) is 6.64. The van der Waals surface area contributed by atoms with Crippen molar-refractivity contribution in [2.75, 3.05) is 0 Å². The maximum Gasteiger partial charge on any atom is 0.352 e. The van der Waals surface area contributed by atoms with E-state index < -0.39 is 10.9 Å². The lowest BCUT2D eigenvalue weighted by Gasteiger charge is -2.12. The topological polar surface area (TPSA) is 85.4 Å². The summed E-state index contributed by atoms with van der Waals surface area (Å²) >= 11 is 0. The van der Waals surface area contributed by atoms with Gasteiger partial charge in [0.1, 0.15) is 5.69 Å². The van der Waals surface area contributed by atoms with Crippen molar-refractivity contribution in [3.8, 4) is 11.3 Å². The Morgan fingerprint density at radius 3 is 2.62 bits per heavy atom. The molecule has 110 valence electrons. The van der Waals surface area contributed by atoms with Crippen LogP contribution in [-0.4, -0.2) is 20.6 Å². The van der Waals surface area contributed by atoms with Crippen molar-refractivity contribution in [3.63, 3.8) is 0 Å². The molecular weight excluding hydrogens is 272 g/mol. The van der Waals surface area contributed by atoms with Crippen LogP contribution in [0.15, 0.2) is 30.3 Å². The van der Waals surface area contributed by atoms with Crippen molar-refractivity contribution in [1.82, 2.24) is 4.57 Å². The van der Waals surface area contributed by atoms with Gasteiger partial charge in [-0.15, -0.1) is 0 Å². The smallest absolute Gasteiger partial charge is 0.352 e. The molecule has 0 aliphatic rings. The Morgan fingerprint density at radius 1 is 1.33 bits per heavy atom. The third-order valence-corrected chi connectivity index (χ3v) is 3.42. The lowest BCUT2D eigenvalue weighted by Crippen LogP contribution is -2.09. The summed E-state index contributed by atoms with van der Waals surface area (Å²) in [5.74, 6) is -1.00. The third-order valence-electron chi connectivity index (χ3n) is 3.42. The van der Waals surface area contributed by atoms with Crippen LogP contribution in [0.1, 0.15) is 29.4 Å². The lowest BCUT2D eigenvalue weighted by atomic mass is 10.0. The monoisotopic (exact) mass is 288 g/mol. The van der Waals surface area contributed by atoms with Crippen LogP contribution in [-0.2, 0) is 6.54 Å². The van der Waals surface area contributed by atoms with E-state index in [-0.39, 0.29) is 11.4 Å². The summed E-state index contributed by atoms with van der Waals surface area (Å²) in [6.45, 7) is 4.18. The molecule has 2 aromatic rings. The van der Waals surface area contributed by atoms with Gasteiger partial charge in [-0.05, 0) is 25.5 Å². The van der Waals surface area contributed by atoms with Crippen molar-refractivity contribution in [2.45, 2.75) is 26.8 Å². The Bertz CT molecular complexity index is 704. The quantitative estimate of drug-likeness (QED) is 0.674. The second-order valence-corrected chi connectivity index (χ2v) is 4.77. The van der Waals surface area contributed by atoms with Gasteiger partial charge < -0.3 is 9.67 Å². The summed E-state index contributed by atoms with van der Waals surface area (Å²) in [6.07, 6.45) is 0.774. The number of carboxylic acid groups (broad SMARTS) is 1. The van der Waals surface area contributed by atoms with E-state index in [0.29, 0.717) is 23.4 Å². The van der Waals surface area contributed by atoms with Crippen LogP contribution in [0.2, 0.25) is 0 Å². The van der Waals surface area contributed by atoms with E-state index in [0.717, 1.165) is 6.42 Å². The minimum absolute atomic E-state index is 0.0358. The maximum absolute atomic E-state index is 11.3. The summed E-state index contributed by atoms with van der Waals surface area (Å²) in [5.41, 5.74) is 2.14. The van der Waals surface area contributed by atoms with Crippen LogP contribution in [0.3, 0.4) is 0 Å². The highest BCUT2D eigenvalue weighted by Gasteiger charge is 2.19. The molecule has 0 aliphatic carbocycles. The molecule has 0 saturated carbocycles. The lowest BCUT2D eigenvalue weighted by molar-refractivity contribution is -0.385. The minimum atomic E-state index is -1.00. The van der Waals surface area contributed by atoms with E-state index in [4.69, 9.17) is 0 Å². The first-order valence-electron chi connectivity index (χ1n) is 6.64. The summed E-state index contributed by atoms with van der Waals surface area (Å²) in [7, 11) is 0. The molecule has 0 bridgehead atoms. The van der Waals surface area contributed by atoms with Crippen molar-refractivity contribution in [2.24, 2.45) is 0 Å². The third kappa shape index (κ3) is 2.65. The number of aromatic carboxylic acids is 1. The number of hydrogen-bond acceptors (Lipinski definition) is 3. The Morgan fingerprint density at radius 2 is 2.05 bits per heavy atom. The van der Waals surface area contributed by atoms with E-state index in [1.165, 1.54) is 12.1 Å². The van der Waals surface area contributed by atoms with Crippen molar-refractivity contribution in [3.05, 3.63) is 51.7 Å². The Balaban J connectivity index is 2.65. The van der Waals surface area contributed by atoms with Gasteiger partial charge in [0.15, 0.2) is 0 Å². The van der Waals surface area contributed by atoms with Crippen LogP contribution in [0.4, 0.5) is 5.69 Å². The summed E-state index contributed by atoms with van der Waals surface area (Å²) in [4.78, 5) is 21.9. The number of carboxylic acids is 1. The van der Waals surface area contributed by atoms with Crippen LogP contribution in [0, 0.1) is 17.0 Å². The molecule has 1 N–H and O–H groups in total. The number of nitro benzene ring substituents is 1. The van der Waals surface area contributed by atoms with Gasteiger partial charge in [-0.2, -0.15) is 0 Å². The molecule has 0 saturated heterocycles. The standard InChI is InChI=1S/C15H16N2O4/c1-3-9-16-13(7-8-14(16)15(18)19)11-5-4-6-12(10(11)2)17(20)21/h4-8H,3,9H2,1-2H3,(H,18,19). The Kier molecular flexibility index (Phi) is 4.07. The first kappa shape index (κ1) is 14.8. The highest BCUT2D eigenvalue weighted by atomic mass is 16.6. The zero-order chi connectivity index (χ0) is 15.6. The van der Waals surface area contributed by atoms with E-state index in [1.54, 1.807) is 29.7 Å². The van der Waals surface area contributed by atoms with Gasteiger partial charge in [-0.1, -0.05) is 19.1 Å². The molecule has 6 heteroatoms. The van der Waals surface area contributed by atoms with Crippen LogP contribution in [0.5, 0.6) is 0 Å². The zero-order valence-electron chi connectivity index (χ0n) is 11.9. The van der Waals surface area contributed by atoms with Crippen LogP contribution >= 0.6 is 0 Å². The van der Waals surface area contributed by atoms with E-state index in [1.807, 2.05) is 6.92 Å². The molecule has 0 spiro atoms. The van der Waals surface area contributed by atoms with E-state index in [9.17, 15) is 20.0 Å². The molecule has 6 nitrogen and oxygen atoms in total. The molecule has 1 aromatic heterocycles. The molecule has 0 atom stereocenters. The summed E-state index contributed by atoms with van der Waals surface area (Å²) in [6, 6.07) is 8.07. The van der Waals surface area contributed by atoms with E-state index in [2.05, 4.69) is 0 Å². The molecule has 1 heterocycles. The van der Waals surface area contributed by atoms with Crippen LogP contribution in [0.25, 0.3) is 11.3 Å². The number of nitrogens with zero attached hydrogens (tertiary/aromatic N) is 2. The molecule has 0 fully saturated rings. The fraction of sp³-hybridized carbons (Fsp3) is 0.267. The molecule has 0 amide bonds. The van der Waals surface area contributed by atoms with Gasteiger partial charge in [0.25, 0.3) is 5.69 Å². The Labute approximate surface area is 121 Å². The molecule has 0 radical (unpaired) electrons. The summed E-state index contributed by atoms with van der Waals surface area (Å²) < 4.78 is 1.69. The second-order valence-electron chi connectivity index (χ2n) is 4.77. The predicted octanol–water partition coefficient (Wildman–Crippen LogP) is 3.48. The fourth-order valence-corrected chi connectivity index (χ4v) is 2.45. The minimum Gasteiger partial charge on any atom is -0.477 e. The summed E-state index contributed by atoms with van der Waals surface area (Å²) in [5, 5.41) is 20.3. The van der Waals surface area contributed by atoms with Gasteiger partial charge in [0.05, 0.1) is 4.92 Å². The van der Waals surface area contributed by atoms with Gasteiger partial charge in [-0.3, -0.25) is 10.1 Å². The average Bonchev–Trinajstić information content (AvgIpc) is 2.83. The van der Waals surface area contributed by atoms with Gasteiger partial charge in [0, 0.05) is 29.4 Å². The van der Waals surface area contributed by atoms with Crippen molar-refractivity contribution >= 4 is 11.7 Å². The highest BCUT2D eigenvalue weighted by molar-refractivity contribution is 5.88. The molecule has 0 aliphatic heterocycles. The normalized spacial score (nSPS) is 10.6. The fourth-order valence-electron chi connectivity index (χ4n) is 2.45. The van der Waals surface area contributed by atoms with Crippen molar-refractivity contribution in [1.29, 1.82) is 0 Å². The molecular formula is C15H16N2O4. The number of nitro groups is 1. The SMILES string of the molecule is CCCn1c(C(=O)O)ccc1-c1cccc([N+](=O)[O-])c1C. The maximum atomic E-state index is 11.3. The number of hydrogen-bond donors (Lipinski definition) is 1. The first-order chi connectivity index (χ1) is 9.97. The van der Waals surface area contributed by atoms with E-state index >= 15 is 0 Å². The number of aromatic nitrogens is 1. The molecule has 2 rings (SSSR count). The van der Waals surface area contributed by atoms with Gasteiger partial charge in [-0.25, -0.2) is 4.79 Å². The highest BCUT2D eigenvalue weighted by Crippen LogP contribution is 2.31. The van der Waals surface area contributed by atoms with Crippen molar-refractivity contribution < 1.29 is 14.8 Å². The Hall–Kier alpha value is -2.63. The zero-order valence-corrected chi connectivity index (χ0v) is 11.9. The molecule has 0 unspecified atom stereocenters. The van der Waals surface area contributed by atoms with Gasteiger partial charge in [0.2, 0.25) is 0 Å². The molecule has 1 aromatic carbocycles. The van der Waals surface area contributed by atoms with Crippen LogP contribution < -0.4 is 0 Å². The molecule has 21 heavy (non-hydrogen) atoms. The van der Waals surface area contributed by atoms with Gasteiger partial charge >= 0.3 is 5.97 Å². The number of carbonyl (C=O) groups is 1. The number of benzene rings is 1. The average molecular weight is 288 g/mol. The predicted molar refractivity (Wildman–Crippen MR) is 78.5 cm³/mol. The largest absolute Gasteiger partial charge is 0.477 e. The second kappa shape index (κ2) is 5.78.